The number of hydrogen-bond acceptors (Lipinski definition) is 8. The number of para-hydroxylation sites is 1. The predicted octanol–water partition coefficient (Wildman–Crippen LogP) is 4.83. The third-order valence-corrected chi connectivity index (χ3v) is 6.55. The molecule has 7 nitrogen and oxygen atoms in total. The predicted molar refractivity (Wildman–Crippen MR) is 123 cm³/mol. The Hall–Kier alpha value is -3.43. The molecule has 0 amide bonds. The first-order valence-electron chi connectivity index (χ1n) is 9.28. The van der Waals surface area contributed by atoms with Gasteiger partial charge in [0.1, 0.15) is 4.90 Å². The molecule has 0 fully saturated rings. The molecule has 4 rings (SSSR count). The molecular weight excluding hydrogens is 434 g/mol. The maximum atomic E-state index is 12.5. The lowest BCUT2D eigenvalue weighted by Gasteiger charge is -2.11. The van der Waals surface area contributed by atoms with Crippen molar-refractivity contribution in [3.63, 3.8) is 0 Å². The Balaban J connectivity index is 1.49. The monoisotopic (exact) mass is 453 g/mol. The van der Waals surface area contributed by atoms with E-state index in [0.29, 0.717) is 10.7 Å². The number of methoxy groups -OCH3 is 1. The van der Waals surface area contributed by atoms with E-state index in [-0.39, 0.29) is 16.4 Å². The number of rotatable bonds is 7. The molecule has 9 heteroatoms. The first-order valence-corrected chi connectivity index (χ1v) is 11.5. The van der Waals surface area contributed by atoms with Gasteiger partial charge < -0.3 is 8.92 Å². The fourth-order valence-electron chi connectivity index (χ4n) is 2.79. The molecule has 0 aliphatic heterocycles. The zero-order valence-electron chi connectivity index (χ0n) is 16.8. The summed E-state index contributed by atoms with van der Waals surface area (Å²) in [4.78, 5) is 4.52. The number of benzene rings is 3. The Morgan fingerprint density at radius 1 is 1.03 bits per heavy atom. The fraction of sp³-hybridized carbons (Fsp3) is 0.0909. The van der Waals surface area contributed by atoms with Crippen LogP contribution in [0.4, 0.5) is 5.13 Å². The standard InChI is InChI=1S/C22H19N3O4S2/c1-15-7-10-17(11-8-15)31(26,27)29-19-12-9-16(13-20(19)28-2)14-23-25-22-24-18-5-3-4-6-21(18)30-22/h3-14H,1-2H3,(H,24,25)/b23-14-. The SMILES string of the molecule is COc1cc(/C=N\Nc2nc3ccccc3s2)ccc1OS(=O)(=O)c1ccc(C)cc1. The summed E-state index contributed by atoms with van der Waals surface area (Å²) in [5.41, 5.74) is 5.47. The minimum atomic E-state index is -3.97. The second-order valence-electron chi connectivity index (χ2n) is 6.62. The molecule has 31 heavy (non-hydrogen) atoms. The van der Waals surface area contributed by atoms with E-state index in [4.69, 9.17) is 8.92 Å². The first kappa shape index (κ1) is 20.8. The lowest BCUT2D eigenvalue weighted by atomic mass is 10.2. The Morgan fingerprint density at radius 3 is 2.55 bits per heavy atom. The summed E-state index contributed by atoms with van der Waals surface area (Å²) < 4.78 is 36.8. The van der Waals surface area contributed by atoms with Gasteiger partial charge in [0.15, 0.2) is 11.5 Å². The topological polar surface area (TPSA) is 89.9 Å². The summed E-state index contributed by atoms with van der Waals surface area (Å²) >= 11 is 1.50. The Kier molecular flexibility index (Phi) is 5.88. The molecule has 0 aliphatic carbocycles. The van der Waals surface area contributed by atoms with Crippen LogP contribution >= 0.6 is 11.3 Å². The molecule has 0 unspecified atom stereocenters. The molecule has 1 N–H and O–H groups in total. The van der Waals surface area contributed by atoms with Gasteiger partial charge in [0.25, 0.3) is 0 Å². The van der Waals surface area contributed by atoms with E-state index >= 15 is 0 Å². The van der Waals surface area contributed by atoms with Crippen LogP contribution in [-0.2, 0) is 10.1 Å². The van der Waals surface area contributed by atoms with Gasteiger partial charge in [0.05, 0.1) is 23.5 Å². The van der Waals surface area contributed by atoms with Crippen molar-refractivity contribution in [2.24, 2.45) is 5.10 Å². The lowest BCUT2D eigenvalue weighted by Crippen LogP contribution is -2.10. The number of aromatic nitrogens is 1. The lowest BCUT2D eigenvalue weighted by molar-refractivity contribution is 0.390. The summed E-state index contributed by atoms with van der Waals surface area (Å²) in [6.07, 6.45) is 1.59. The third-order valence-electron chi connectivity index (χ3n) is 4.36. The first-order chi connectivity index (χ1) is 14.9. The average Bonchev–Trinajstić information content (AvgIpc) is 3.17. The van der Waals surface area contributed by atoms with E-state index in [2.05, 4.69) is 15.5 Å². The second kappa shape index (κ2) is 8.75. The highest BCUT2D eigenvalue weighted by Gasteiger charge is 2.19. The van der Waals surface area contributed by atoms with Crippen molar-refractivity contribution in [2.45, 2.75) is 11.8 Å². The number of hydrazone groups is 1. The number of hydrogen-bond donors (Lipinski definition) is 1. The highest BCUT2D eigenvalue weighted by Crippen LogP contribution is 2.30. The van der Waals surface area contributed by atoms with Crippen LogP contribution in [0.15, 0.2) is 76.7 Å². The summed E-state index contributed by atoms with van der Waals surface area (Å²) in [5, 5.41) is 4.88. The number of nitrogens with zero attached hydrogens (tertiary/aromatic N) is 2. The molecule has 0 bridgehead atoms. The number of nitrogens with one attached hydrogen (secondary N) is 1. The van der Waals surface area contributed by atoms with Gasteiger partial charge in [0.2, 0.25) is 5.13 Å². The van der Waals surface area contributed by atoms with Crippen molar-refractivity contribution in [2.75, 3.05) is 12.5 Å². The zero-order valence-corrected chi connectivity index (χ0v) is 18.4. The van der Waals surface area contributed by atoms with Gasteiger partial charge in [-0.1, -0.05) is 41.2 Å². The van der Waals surface area contributed by atoms with E-state index in [1.165, 1.54) is 36.6 Å². The summed E-state index contributed by atoms with van der Waals surface area (Å²) in [7, 11) is -2.53. The quantitative estimate of drug-likeness (QED) is 0.245. The molecule has 0 aliphatic rings. The minimum Gasteiger partial charge on any atom is -0.493 e. The third kappa shape index (κ3) is 4.84. The summed E-state index contributed by atoms with van der Waals surface area (Å²) in [5.74, 6) is 0.374. The summed E-state index contributed by atoms with van der Waals surface area (Å²) in [6, 6.07) is 19.1. The van der Waals surface area contributed by atoms with Crippen molar-refractivity contribution in [1.29, 1.82) is 0 Å². The average molecular weight is 454 g/mol. The Bertz CT molecular complexity index is 1310. The van der Waals surface area contributed by atoms with Crippen molar-refractivity contribution in [3.8, 4) is 11.5 Å². The van der Waals surface area contributed by atoms with Gasteiger partial charge in [-0.15, -0.1) is 0 Å². The van der Waals surface area contributed by atoms with Crippen molar-refractivity contribution < 1.29 is 17.3 Å². The number of thiazole rings is 1. The second-order valence-corrected chi connectivity index (χ2v) is 9.19. The molecular formula is C22H19N3O4S2. The van der Waals surface area contributed by atoms with Gasteiger partial charge in [-0.2, -0.15) is 13.5 Å². The van der Waals surface area contributed by atoms with E-state index in [0.717, 1.165) is 15.8 Å². The van der Waals surface area contributed by atoms with Gasteiger partial charge >= 0.3 is 10.1 Å². The molecule has 1 heterocycles. The van der Waals surface area contributed by atoms with Crippen molar-refractivity contribution in [3.05, 3.63) is 77.9 Å². The van der Waals surface area contributed by atoms with E-state index in [9.17, 15) is 8.42 Å². The van der Waals surface area contributed by atoms with Gasteiger partial charge in [0, 0.05) is 0 Å². The van der Waals surface area contributed by atoms with Crippen LogP contribution in [0.3, 0.4) is 0 Å². The van der Waals surface area contributed by atoms with Crippen molar-refractivity contribution in [1.82, 2.24) is 4.98 Å². The number of ether oxygens (including phenoxy) is 1. The molecule has 0 radical (unpaired) electrons. The van der Waals surface area contributed by atoms with Crippen molar-refractivity contribution >= 4 is 43.0 Å². The number of anilines is 1. The smallest absolute Gasteiger partial charge is 0.339 e. The highest BCUT2D eigenvalue weighted by atomic mass is 32.2. The zero-order chi connectivity index (χ0) is 21.8. The fourth-order valence-corrected chi connectivity index (χ4v) is 4.54. The van der Waals surface area contributed by atoms with E-state index in [1.807, 2.05) is 31.2 Å². The molecule has 0 saturated carbocycles. The maximum Gasteiger partial charge on any atom is 0.339 e. The van der Waals surface area contributed by atoms with Gasteiger partial charge in [-0.05, 0) is 55.0 Å². The molecule has 3 aromatic carbocycles. The largest absolute Gasteiger partial charge is 0.493 e. The Morgan fingerprint density at radius 2 is 1.81 bits per heavy atom. The molecule has 0 saturated heterocycles. The van der Waals surface area contributed by atoms with Gasteiger partial charge in [-0.25, -0.2) is 4.98 Å². The minimum absolute atomic E-state index is 0.0748. The molecule has 0 atom stereocenters. The van der Waals surface area contributed by atoms with Crippen LogP contribution in [0.2, 0.25) is 0 Å². The number of fused-ring (bicyclic) bond motifs is 1. The van der Waals surface area contributed by atoms with Crippen LogP contribution in [0.1, 0.15) is 11.1 Å². The van der Waals surface area contributed by atoms with Crippen LogP contribution in [0, 0.1) is 6.92 Å². The Labute approximate surface area is 184 Å². The van der Waals surface area contributed by atoms with E-state index < -0.39 is 10.1 Å². The maximum absolute atomic E-state index is 12.5. The molecule has 1 aromatic heterocycles. The van der Waals surface area contributed by atoms with Crippen LogP contribution in [0.5, 0.6) is 11.5 Å². The normalized spacial score (nSPS) is 11.7. The molecule has 4 aromatic rings. The molecule has 0 spiro atoms. The van der Waals surface area contributed by atoms with Gasteiger partial charge in [-0.3, -0.25) is 5.43 Å². The van der Waals surface area contributed by atoms with Crippen LogP contribution < -0.4 is 14.3 Å². The molecule has 158 valence electrons. The van der Waals surface area contributed by atoms with Crippen LogP contribution in [-0.4, -0.2) is 26.7 Å². The summed E-state index contributed by atoms with van der Waals surface area (Å²) in [6.45, 7) is 1.88. The highest BCUT2D eigenvalue weighted by molar-refractivity contribution is 7.87. The van der Waals surface area contributed by atoms with Crippen LogP contribution in [0.25, 0.3) is 10.2 Å². The number of aryl methyl sites for hydroxylation is 1. The van der Waals surface area contributed by atoms with E-state index in [1.54, 1.807) is 30.5 Å².